The molecule has 3 aliphatic carbocycles. The average molecular weight is 293 g/mol. The fraction of sp³-hybridized carbons (Fsp3) is 0.667. The lowest BCUT2D eigenvalue weighted by atomic mass is 9.43. The van der Waals surface area contributed by atoms with Gasteiger partial charge in [-0.2, -0.15) is 0 Å². The second-order valence-corrected chi connectivity index (χ2v) is 6.51. The van der Waals surface area contributed by atoms with Crippen LogP contribution in [0, 0.1) is 17.3 Å². The number of ketones is 1. The number of ether oxygens (including phenoxy) is 1. The fourth-order valence-corrected chi connectivity index (χ4v) is 4.41. The van der Waals surface area contributed by atoms with Gasteiger partial charge in [0.1, 0.15) is 5.60 Å². The molecule has 0 aromatic heterocycles. The molecule has 3 saturated carbocycles. The maximum atomic E-state index is 12.3. The normalized spacial score (nSPS) is 40.5. The molecule has 4 bridgehead atoms. The number of allylic oxidation sites excluding steroid dienone is 1. The molecule has 0 aromatic carbocycles. The van der Waals surface area contributed by atoms with Crippen molar-refractivity contribution < 1.29 is 24.2 Å². The molecule has 6 heteroatoms. The topological polar surface area (TPSA) is 107 Å². The van der Waals surface area contributed by atoms with Gasteiger partial charge in [0.05, 0.1) is 12.0 Å². The maximum absolute atomic E-state index is 12.3. The number of hydrogen-bond acceptors (Lipinski definition) is 5. The Hall–Kier alpha value is -1.69. The summed E-state index contributed by atoms with van der Waals surface area (Å²) in [4.78, 5) is 35.5. The van der Waals surface area contributed by atoms with Crippen LogP contribution in [-0.2, 0) is 19.1 Å². The first-order valence-electron chi connectivity index (χ1n) is 7.21. The summed E-state index contributed by atoms with van der Waals surface area (Å²) in [6, 6.07) is 0. The summed E-state index contributed by atoms with van der Waals surface area (Å²) in [5.74, 6) is -1.24. The second kappa shape index (κ2) is 4.40. The van der Waals surface area contributed by atoms with E-state index < -0.39 is 16.9 Å². The van der Waals surface area contributed by atoms with Crippen molar-refractivity contribution in [3.63, 3.8) is 0 Å². The molecule has 3 N–H and O–H groups in total. The summed E-state index contributed by atoms with van der Waals surface area (Å²) in [6.07, 6.45) is 3.51. The van der Waals surface area contributed by atoms with Crippen molar-refractivity contribution >= 4 is 17.7 Å². The van der Waals surface area contributed by atoms with Gasteiger partial charge >= 0.3 is 5.97 Å². The van der Waals surface area contributed by atoms with Gasteiger partial charge in [0.15, 0.2) is 5.78 Å². The number of nitrogens with two attached hydrogens (primary N) is 1. The number of carbonyl (C=O) groups is 3. The molecule has 1 amide bonds. The van der Waals surface area contributed by atoms with Crippen LogP contribution in [0.5, 0.6) is 0 Å². The summed E-state index contributed by atoms with van der Waals surface area (Å²) in [7, 11) is 0. The standard InChI is InChI=1S/C15H19NO5/c1-8(12(16)19)4-10(18)6-15-9-2-3-14(7-17,11(15)5-9)21-13(15)20/h4,9,11,17H,2-3,5-7H2,1H3,(H2,16,19)/b8-4+/t9-,11-,14-,15+/m1/s1. The van der Waals surface area contributed by atoms with Crippen LogP contribution in [0.25, 0.3) is 0 Å². The highest BCUT2D eigenvalue weighted by Crippen LogP contribution is 2.70. The average Bonchev–Trinajstić information content (AvgIpc) is 2.54. The molecule has 21 heavy (non-hydrogen) atoms. The van der Waals surface area contributed by atoms with Crippen molar-refractivity contribution in [2.45, 2.75) is 38.2 Å². The molecular weight excluding hydrogens is 274 g/mol. The number of aliphatic hydroxyl groups is 1. The number of hydrogen-bond donors (Lipinski definition) is 2. The van der Waals surface area contributed by atoms with Gasteiger partial charge in [-0.05, 0) is 38.2 Å². The first-order valence-corrected chi connectivity index (χ1v) is 7.21. The zero-order chi connectivity index (χ0) is 15.4. The van der Waals surface area contributed by atoms with E-state index in [2.05, 4.69) is 0 Å². The molecule has 4 atom stereocenters. The molecule has 0 unspecified atom stereocenters. The third-order valence-electron chi connectivity index (χ3n) is 5.60. The van der Waals surface area contributed by atoms with Gasteiger partial charge in [0.25, 0.3) is 0 Å². The molecule has 1 saturated heterocycles. The number of carbonyl (C=O) groups excluding carboxylic acids is 3. The lowest BCUT2D eigenvalue weighted by molar-refractivity contribution is -0.157. The fourth-order valence-electron chi connectivity index (χ4n) is 4.41. The summed E-state index contributed by atoms with van der Waals surface area (Å²) < 4.78 is 5.48. The predicted molar refractivity (Wildman–Crippen MR) is 71.7 cm³/mol. The van der Waals surface area contributed by atoms with Crippen molar-refractivity contribution in [2.75, 3.05) is 6.61 Å². The molecule has 1 heterocycles. The largest absolute Gasteiger partial charge is 0.456 e. The Labute approximate surface area is 122 Å². The zero-order valence-corrected chi connectivity index (χ0v) is 11.9. The number of rotatable bonds is 5. The van der Waals surface area contributed by atoms with Crippen LogP contribution in [0.4, 0.5) is 0 Å². The highest BCUT2D eigenvalue weighted by molar-refractivity contribution is 6.02. The van der Waals surface area contributed by atoms with Gasteiger partial charge in [0, 0.05) is 17.9 Å². The molecule has 4 fully saturated rings. The highest BCUT2D eigenvalue weighted by atomic mass is 16.6. The lowest BCUT2D eigenvalue weighted by Crippen LogP contribution is -2.61. The van der Waals surface area contributed by atoms with Crippen LogP contribution in [0.3, 0.4) is 0 Å². The van der Waals surface area contributed by atoms with E-state index in [4.69, 9.17) is 10.5 Å². The van der Waals surface area contributed by atoms with E-state index in [-0.39, 0.29) is 42.2 Å². The predicted octanol–water partition coefficient (Wildman–Crippen LogP) is 0.0814. The Morgan fingerprint density at radius 3 is 2.81 bits per heavy atom. The number of esters is 1. The summed E-state index contributed by atoms with van der Waals surface area (Å²) in [5.41, 5.74) is 3.70. The van der Waals surface area contributed by atoms with E-state index in [1.807, 2.05) is 0 Å². The minimum Gasteiger partial charge on any atom is -0.456 e. The van der Waals surface area contributed by atoms with Crippen molar-refractivity contribution in [1.29, 1.82) is 0 Å². The first-order chi connectivity index (χ1) is 9.85. The van der Waals surface area contributed by atoms with E-state index in [0.717, 1.165) is 12.8 Å². The molecule has 114 valence electrons. The Morgan fingerprint density at radius 2 is 2.24 bits per heavy atom. The zero-order valence-electron chi connectivity index (χ0n) is 11.9. The quantitative estimate of drug-likeness (QED) is 0.551. The van der Waals surface area contributed by atoms with Gasteiger partial charge in [-0.1, -0.05) is 0 Å². The Morgan fingerprint density at radius 1 is 1.52 bits per heavy atom. The van der Waals surface area contributed by atoms with Crippen molar-refractivity contribution in [3.05, 3.63) is 11.6 Å². The SMILES string of the molecule is C/C(=C\C(=O)C[C@]12C(=O)O[C@@]3(CO)CC[C@@H]1C[C@H]32)C(N)=O. The maximum Gasteiger partial charge on any atom is 0.313 e. The molecule has 6 nitrogen and oxygen atoms in total. The number of aliphatic hydroxyl groups excluding tert-OH is 1. The van der Waals surface area contributed by atoms with Crippen LogP contribution in [0.1, 0.15) is 32.6 Å². The Balaban J connectivity index is 1.86. The Bertz CT molecular complexity index is 566. The third kappa shape index (κ3) is 1.71. The lowest BCUT2D eigenvalue weighted by Gasteiger charge is -2.56. The molecule has 1 aliphatic heterocycles. The van der Waals surface area contributed by atoms with E-state index >= 15 is 0 Å². The van der Waals surface area contributed by atoms with E-state index in [1.54, 1.807) is 0 Å². The molecule has 0 radical (unpaired) electrons. The number of fused-ring (bicyclic) bond motifs is 1. The van der Waals surface area contributed by atoms with Crippen LogP contribution in [0.2, 0.25) is 0 Å². The number of amides is 1. The smallest absolute Gasteiger partial charge is 0.313 e. The van der Waals surface area contributed by atoms with Crippen molar-refractivity contribution in [3.8, 4) is 0 Å². The molecule has 0 aromatic rings. The highest BCUT2D eigenvalue weighted by Gasteiger charge is 2.76. The molecule has 0 spiro atoms. The first kappa shape index (κ1) is 14.3. The van der Waals surface area contributed by atoms with Crippen LogP contribution in [-0.4, -0.2) is 35.0 Å². The minimum atomic E-state index is -0.799. The third-order valence-corrected chi connectivity index (χ3v) is 5.60. The second-order valence-electron chi connectivity index (χ2n) is 6.51. The molecule has 4 rings (SSSR count). The molecular formula is C15H19NO5. The van der Waals surface area contributed by atoms with Gasteiger partial charge in [-0.3, -0.25) is 14.4 Å². The van der Waals surface area contributed by atoms with Gasteiger partial charge in [-0.15, -0.1) is 0 Å². The van der Waals surface area contributed by atoms with Crippen molar-refractivity contribution in [2.24, 2.45) is 23.0 Å². The summed E-state index contributed by atoms with van der Waals surface area (Å²) >= 11 is 0. The number of primary amides is 1. The Kier molecular flexibility index (Phi) is 2.99. The van der Waals surface area contributed by atoms with Crippen molar-refractivity contribution in [1.82, 2.24) is 0 Å². The minimum absolute atomic E-state index is 0.0353. The summed E-state index contributed by atoms with van der Waals surface area (Å²) in [5, 5.41) is 9.61. The van der Waals surface area contributed by atoms with Gasteiger partial charge in [-0.25, -0.2) is 0 Å². The van der Waals surface area contributed by atoms with Crippen LogP contribution < -0.4 is 5.73 Å². The van der Waals surface area contributed by atoms with Crippen LogP contribution in [0.15, 0.2) is 11.6 Å². The van der Waals surface area contributed by atoms with E-state index in [0.29, 0.717) is 6.42 Å². The van der Waals surface area contributed by atoms with Crippen LogP contribution >= 0.6 is 0 Å². The monoisotopic (exact) mass is 293 g/mol. The van der Waals surface area contributed by atoms with E-state index in [9.17, 15) is 19.5 Å². The van der Waals surface area contributed by atoms with Gasteiger partial charge < -0.3 is 15.6 Å². The van der Waals surface area contributed by atoms with E-state index in [1.165, 1.54) is 13.0 Å². The summed E-state index contributed by atoms with van der Waals surface area (Å²) in [6.45, 7) is 1.28. The van der Waals surface area contributed by atoms with Gasteiger partial charge in [0.2, 0.25) is 5.91 Å². The molecule has 4 aliphatic rings.